The van der Waals surface area contributed by atoms with Gasteiger partial charge in [-0.2, -0.15) is 0 Å². The predicted octanol–water partition coefficient (Wildman–Crippen LogP) is -0.249. The van der Waals surface area contributed by atoms with E-state index in [1.54, 1.807) is 0 Å². The van der Waals surface area contributed by atoms with Crippen molar-refractivity contribution < 1.29 is 8.19 Å². The van der Waals surface area contributed by atoms with Gasteiger partial charge in [0.2, 0.25) is 0 Å². The molecule has 4 heteroatoms. The van der Waals surface area contributed by atoms with E-state index in [1.807, 2.05) is 0 Å². The Bertz CT molecular complexity index is 62.6. The van der Waals surface area contributed by atoms with E-state index in [9.17, 15) is 0 Å². The second kappa shape index (κ2) is 2.64. The minimum atomic E-state index is -2.73. The monoisotopic (exact) mass is 170 g/mol. The molecule has 36 valence electrons. The molecule has 0 aromatic carbocycles. The Balaban J connectivity index is 3.26. The van der Waals surface area contributed by atoms with Crippen molar-refractivity contribution in [3.63, 3.8) is 0 Å². The molecule has 2 N–H and O–H groups in total. The van der Waals surface area contributed by atoms with Crippen LogP contribution in [0.2, 0.25) is 0 Å². The quantitative estimate of drug-likeness (QED) is 0.533. The van der Waals surface area contributed by atoms with Crippen molar-refractivity contribution >= 4 is 26.9 Å². The summed E-state index contributed by atoms with van der Waals surface area (Å²) in [5, 5.41) is 0. The molecule has 0 spiro atoms. The summed E-state index contributed by atoms with van der Waals surface area (Å²) in [4.78, 5) is 0. The molecular formula is C2H4AsClO2. The van der Waals surface area contributed by atoms with E-state index in [1.165, 1.54) is 0 Å². The fourth-order valence-electron chi connectivity index (χ4n) is 0. The number of hydrogen-bond donors (Lipinski definition) is 2. The maximum absolute atomic E-state index is 8.10. The van der Waals surface area contributed by atoms with Crippen LogP contribution >= 0.6 is 11.6 Å². The topological polar surface area (TPSA) is 40.5 Å². The molecule has 0 aliphatic carbocycles. The summed E-state index contributed by atoms with van der Waals surface area (Å²) in [7, 11) is 0. The Hall–Kier alpha value is 0.508. The number of halogens is 1. The van der Waals surface area contributed by atoms with Gasteiger partial charge in [0.1, 0.15) is 0 Å². The molecular weight excluding hydrogens is 166 g/mol. The molecule has 0 saturated heterocycles. The molecule has 0 heterocycles. The summed E-state index contributed by atoms with van der Waals surface area (Å²) in [6, 6.07) is 0. The van der Waals surface area contributed by atoms with Crippen molar-refractivity contribution in [2.45, 2.75) is 0 Å². The summed E-state index contributed by atoms with van der Waals surface area (Å²) < 4.78 is 16.2. The van der Waals surface area contributed by atoms with Crippen molar-refractivity contribution in [3.8, 4) is 0 Å². The Labute approximate surface area is 46.0 Å². The van der Waals surface area contributed by atoms with Gasteiger partial charge in [-0.1, -0.05) is 0 Å². The van der Waals surface area contributed by atoms with Crippen LogP contribution < -0.4 is 0 Å². The molecule has 2 nitrogen and oxygen atoms in total. The summed E-state index contributed by atoms with van der Waals surface area (Å²) in [6.07, 6.45) is 0. The van der Waals surface area contributed by atoms with E-state index >= 15 is 0 Å². The van der Waals surface area contributed by atoms with Gasteiger partial charge in [-0.3, -0.25) is 0 Å². The first kappa shape index (κ1) is 6.51. The van der Waals surface area contributed by atoms with Crippen LogP contribution in [0, 0.1) is 0 Å². The fourth-order valence-corrected chi connectivity index (χ4v) is 0. The van der Waals surface area contributed by atoms with E-state index in [4.69, 9.17) is 19.8 Å². The minimum absolute atomic E-state index is 0.0116. The van der Waals surface area contributed by atoms with Gasteiger partial charge in [-0.05, 0) is 0 Å². The van der Waals surface area contributed by atoms with E-state index in [0.29, 0.717) is 0 Å². The van der Waals surface area contributed by atoms with Gasteiger partial charge in [0, 0.05) is 0 Å². The first-order chi connectivity index (χ1) is 2.64. The van der Waals surface area contributed by atoms with E-state index in [-0.39, 0.29) is 3.82 Å². The fraction of sp³-hybridized carbons (Fsp3) is 0. The van der Waals surface area contributed by atoms with Crippen LogP contribution in [0.1, 0.15) is 0 Å². The Kier molecular flexibility index (Phi) is 2.87. The molecule has 0 aliphatic rings. The SMILES string of the molecule is C=C(Cl)[As](O)O. The molecule has 0 amide bonds. The summed E-state index contributed by atoms with van der Waals surface area (Å²) in [5.74, 6) is 0. The van der Waals surface area contributed by atoms with Gasteiger partial charge in [-0.25, -0.2) is 0 Å². The van der Waals surface area contributed by atoms with E-state index in [2.05, 4.69) is 6.58 Å². The van der Waals surface area contributed by atoms with Crippen LogP contribution in [0.5, 0.6) is 0 Å². The van der Waals surface area contributed by atoms with Crippen LogP contribution in [0.4, 0.5) is 0 Å². The number of hydrogen-bond acceptors (Lipinski definition) is 2. The molecule has 0 rings (SSSR count). The zero-order valence-corrected chi connectivity index (χ0v) is 5.56. The first-order valence-corrected chi connectivity index (χ1v) is 4.16. The summed E-state index contributed by atoms with van der Waals surface area (Å²) in [5.41, 5.74) is 0. The average molecular weight is 170 g/mol. The maximum atomic E-state index is 8.10. The average Bonchev–Trinajstić information content (AvgIpc) is 1.36. The molecule has 0 aliphatic heterocycles. The van der Waals surface area contributed by atoms with Crippen molar-refractivity contribution in [2.75, 3.05) is 0 Å². The second-order valence-electron chi connectivity index (χ2n) is 0.666. The third-order valence-electron chi connectivity index (χ3n) is 0.217. The van der Waals surface area contributed by atoms with E-state index in [0.717, 1.165) is 0 Å². The summed E-state index contributed by atoms with van der Waals surface area (Å²) in [6.45, 7) is 3.08. The van der Waals surface area contributed by atoms with Gasteiger partial charge in [0.25, 0.3) is 0 Å². The normalized spacial score (nSPS) is 9.33. The second-order valence-corrected chi connectivity index (χ2v) is 4.04. The van der Waals surface area contributed by atoms with Crippen LogP contribution in [-0.4, -0.2) is 23.5 Å². The third-order valence-corrected chi connectivity index (χ3v) is 1.91. The summed E-state index contributed by atoms with van der Waals surface area (Å²) >= 11 is 2.26. The molecule has 0 bridgehead atoms. The molecule has 0 fully saturated rings. The molecule has 0 saturated carbocycles. The van der Waals surface area contributed by atoms with Crippen LogP contribution in [0.25, 0.3) is 0 Å². The van der Waals surface area contributed by atoms with Crippen LogP contribution in [0.15, 0.2) is 10.4 Å². The Morgan fingerprint density at radius 1 is 1.67 bits per heavy atom. The van der Waals surface area contributed by atoms with Gasteiger partial charge in [0.05, 0.1) is 0 Å². The van der Waals surface area contributed by atoms with E-state index < -0.39 is 15.3 Å². The van der Waals surface area contributed by atoms with Gasteiger partial charge < -0.3 is 0 Å². The van der Waals surface area contributed by atoms with Crippen molar-refractivity contribution in [1.82, 2.24) is 0 Å². The molecule has 0 unspecified atom stereocenters. The Morgan fingerprint density at radius 2 is 1.83 bits per heavy atom. The predicted molar refractivity (Wildman–Crippen MR) is 25.2 cm³/mol. The number of rotatable bonds is 1. The zero-order chi connectivity index (χ0) is 5.15. The van der Waals surface area contributed by atoms with Crippen molar-refractivity contribution in [1.29, 1.82) is 0 Å². The van der Waals surface area contributed by atoms with Gasteiger partial charge in [-0.15, -0.1) is 0 Å². The van der Waals surface area contributed by atoms with Gasteiger partial charge >= 0.3 is 45.5 Å². The van der Waals surface area contributed by atoms with Crippen molar-refractivity contribution in [3.05, 3.63) is 10.4 Å². The molecule has 0 radical (unpaired) electrons. The molecule has 6 heavy (non-hydrogen) atoms. The zero-order valence-electron chi connectivity index (χ0n) is 2.93. The van der Waals surface area contributed by atoms with Crippen molar-refractivity contribution in [2.24, 2.45) is 0 Å². The third kappa shape index (κ3) is 2.73. The standard InChI is InChI=1S/C2H4AsClO2/c1-2(4)3(5)6/h5-6H,1H2. The van der Waals surface area contributed by atoms with Crippen LogP contribution in [0.3, 0.4) is 0 Å². The molecule has 0 aromatic rings. The molecule has 0 aromatic heterocycles. The molecule has 0 atom stereocenters. The van der Waals surface area contributed by atoms with Gasteiger partial charge in [0.15, 0.2) is 0 Å². The van der Waals surface area contributed by atoms with Crippen LogP contribution in [-0.2, 0) is 0 Å². The first-order valence-electron chi connectivity index (χ1n) is 1.17. The Morgan fingerprint density at radius 3 is 1.83 bits per heavy atom.